The maximum absolute atomic E-state index is 5.62. The number of benzene rings is 1. The minimum Gasteiger partial charge on any atom is -0.147 e. The summed E-state index contributed by atoms with van der Waals surface area (Å²) in [5.74, 6) is 0. The van der Waals surface area contributed by atoms with Gasteiger partial charge in [0.25, 0.3) is 0 Å². The molecule has 0 unspecified atom stereocenters. The lowest BCUT2D eigenvalue weighted by atomic mass is 9.90. The van der Waals surface area contributed by atoms with Gasteiger partial charge in [0.2, 0.25) is 0 Å². The van der Waals surface area contributed by atoms with E-state index in [0.29, 0.717) is 0 Å². The predicted molar refractivity (Wildman–Crippen MR) is 55.8 cm³/mol. The fourth-order valence-corrected chi connectivity index (χ4v) is 0.760. The van der Waals surface area contributed by atoms with Crippen molar-refractivity contribution in [1.29, 1.82) is 0 Å². The standard InChI is InChI=1S/C8H9B.2ClH/c1-6-3-4-7(2)8(9)5-6;;/h3-5H,1-2H3;2*1H. The zero-order valence-corrected chi connectivity index (χ0v) is 8.26. The number of aryl methyl sites for hydroxylation is 2. The van der Waals surface area contributed by atoms with Crippen LogP contribution in [0, 0.1) is 13.8 Å². The summed E-state index contributed by atoms with van der Waals surface area (Å²) >= 11 is 0. The Hall–Kier alpha value is -0.135. The van der Waals surface area contributed by atoms with Crippen molar-refractivity contribution in [1.82, 2.24) is 0 Å². The molecule has 0 amide bonds. The first-order valence-corrected chi connectivity index (χ1v) is 3.03. The lowest BCUT2D eigenvalue weighted by molar-refractivity contribution is 1.43. The first-order chi connectivity index (χ1) is 4.20. The number of rotatable bonds is 0. The molecular weight excluding hydrogens is 178 g/mol. The van der Waals surface area contributed by atoms with E-state index < -0.39 is 0 Å². The summed E-state index contributed by atoms with van der Waals surface area (Å²) in [6, 6.07) is 6.08. The van der Waals surface area contributed by atoms with Crippen LogP contribution in [0.2, 0.25) is 0 Å². The van der Waals surface area contributed by atoms with Crippen LogP contribution in [0.3, 0.4) is 0 Å². The number of hydrogen-bond donors (Lipinski definition) is 0. The Bertz CT molecular complexity index is 223. The van der Waals surface area contributed by atoms with Gasteiger partial charge in [-0.15, -0.1) is 24.8 Å². The molecular formula is C8H11BCl2. The van der Waals surface area contributed by atoms with Crippen molar-refractivity contribution in [2.24, 2.45) is 0 Å². The highest BCUT2D eigenvalue weighted by Crippen LogP contribution is 1.96. The van der Waals surface area contributed by atoms with Gasteiger partial charge >= 0.3 is 0 Å². The first kappa shape index (κ1) is 13.5. The molecule has 0 aliphatic carbocycles. The average Bonchev–Trinajstić information content (AvgIpc) is 1.80. The molecule has 11 heavy (non-hydrogen) atoms. The summed E-state index contributed by atoms with van der Waals surface area (Å²) in [5, 5.41) is 0. The highest BCUT2D eigenvalue weighted by Gasteiger charge is 1.88. The highest BCUT2D eigenvalue weighted by atomic mass is 35.5. The van der Waals surface area contributed by atoms with Gasteiger partial charge in [-0.2, -0.15) is 0 Å². The Kier molecular flexibility index (Phi) is 6.74. The van der Waals surface area contributed by atoms with E-state index in [1.54, 1.807) is 0 Å². The zero-order valence-electron chi connectivity index (χ0n) is 6.63. The van der Waals surface area contributed by atoms with E-state index in [-0.39, 0.29) is 24.8 Å². The van der Waals surface area contributed by atoms with Crippen LogP contribution in [-0.2, 0) is 0 Å². The smallest absolute Gasteiger partial charge is 0.114 e. The van der Waals surface area contributed by atoms with E-state index in [4.69, 9.17) is 7.85 Å². The maximum Gasteiger partial charge on any atom is 0.114 e. The maximum atomic E-state index is 5.62. The molecule has 0 saturated heterocycles. The molecule has 0 bridgehead atoms. The Morgan fingerprint density at radius 1 is 1.09 bits per heavy atom. The predicted octanol–water partition coefficient (Wildman–Crippen LogP) is 1.94. The minimum atomic E-state index is 0. The van der Waals surface area contributed by atoms with E-state index in [0.717, 1.165) is 11.0 Å². The molecule has 1 rings (SSSR count). The van der Waals surface area contributed by atoms with Gasteiger partial charge < -0.3 is 0 Å². The molecule has 0 aliphatic heterocycles. The molecule has 2 radical (unpaired) electrons. The van der Waals surface area contributed by atoms with Crippen molar-refractivity contribution in [2.45, 2.75) is 13.8 Å². The molecule has 1 aromatic carbocycles. The van der Waals surface area contributed by atoms with Gasteiger partial charge in [0, 0.05) is 0 Å². The van der Waals surface area contributed by atoms with Crippen molar-refractivity contribution in [2.75, 3.05) is 0 Å². The molecule has 0 aromatic heterocycles. The van der Waals surface area contributed by atoms with Crippen LogP contribution in [0.25, 0.3) is 0 Å². The second-order valence-corrected chi connectivity index (χ2v) is 2.36. The normalized spacial score (nSPS) is 7.82. The quantitative estimate of drug-likeness (QED) is 0.547. The molecule has 0 nitrogen and oxygen atoms in total. The third-order valence-electron chi connectivity index (χ3n) is 1.43. The Morgan fingerprint density at radius 2 is 1.64 bits per heavy atom. The van der Waals surface area contributed by atoms with Crippen LogP contribution < -0.4 is 5.46 Å². The summed E-state index contributed by atoms with van der Waals surface area (Å²) in [7, 11) is 5.62. The molecule has 0 atom stereocenters. The third-order valence-corrected chi connectivity index (χ3v) is 1.43. The van der Waals surface area contributed by atoms with E-state index >= 15 is 0 Å². The minimum absolute atomic E-state index is 0. The molecule has 0 N–H and O–H groups in total. The van der Waals surface area contributed by atoms with Gasteiger partial charge in [-0.05, 0) is 13.8 Å². The second kappa shape index (κ2) is 5.51. The monoisotopic (exact) mass is 188 g/mol. The summed E-state index contributed by atoms with van der Waals surface area (Å²) < 4.78 is 0. The van der Waals surface area contributed by atoms with Crippen LogP contribution in [0.15, 0.2) is 18.2 Å². The van der Waals surface area contributed by atoms with Crippen molar-refractivity contribution in [3.8, 4) is 0 Å². The molecule has 0 heterocycles. The van der Waals surface area contributed by atoms with Crippen LogP contribution >= 0.6 is 24.8 Å². The Labute approximate surface area is 81.6 Å². The highest BCUT2D eigenvalue weighted by molar-refractivity contribution is 6.33. The molecule has 0 fully saturated rings. The van der Waals surface area contributed by atoms with Crippen LogP contribution in [0.4, 0.5) is 0 Å². The summed E-state index contributed by atoms with van der Waals surface area (Å²) in [4.78, 5) is 0. The Morgan fingerprint density at radius 3 is 2.00 bits per heavy atom. The topological polar surface area (TPSA) is 0 Å². The molecule has 1 aromatic rings. The van der Waals surface area contributed by atoms with Crippen molar-refractivity contribution in [3.63, 3.8) is 0 Å². The summed E-state index contributed by atoms with van der Waals surface area (Å²) in [6.07, 6.45) is 0. The molecule has 60 valence electrons. The van der Waals surface area contributed by atoms with Gasteiger partial charge in [-0.3, -0.25) is 0 Å². The van der Waals surface area contributed by atoms with Gasteiger partial charge in [-0.1, -0.05) is 34.8 Å². The van der Waals surface area contributed by atoms with Crippen molar-refractivity contribution < 1.29 is 0 Å². The van der Waals surface area contributed by atoms with E-state index in [2.05, 4.69) is 6.07 Å². The number of hydrogen-bond acceptors (Lipinski definition) is 0. The third kappa shape index (κ3) is 3.69. The van der Waals surface area contributed by atoms with Crippen molar-refractivity contribution >= 4 is 38.1 Å². The lowest BCUT2D eigenvalue weighted by Gasteiger charge is -1.98. The lowest BCUT2D eigenvalue weighted by Crippen LogP contribution is -2.06. The van der Waals surface area contributed by atoms with E-state index in [9.17, 15) is 0 Å². The molecule has 0 aliphatic rings. The number of halogens is 2. The van der Waals surface area contributed by atoms with E-state index in [1.165, 1.54) is 5.56 Å². The Balaban J connectivity index is 0. The second-order valence-electron chi connectivity index (χ2n) is 2.36. The fourth-order valence-electron chi connectivity index (χ4n) is 0.760. The molecule has 0 spiro atoms. The van der Waals surface area contributed by atoms with Gasteiger partial charge in [0.15, 0.2) is 0 Å². The van der Waals surface area contributed by atoms with E-state index in [1.807, 2.05) is 26.0 Å². The summed E-state index contributed by atoms with van der Waals surface area (Å²) in [5.41, 5.74) is 3.26. The van der Waals surface area contributed by atoms with Gasteiger partial charge in [0.1, 0.15) is 7.85 Å². The summed E-state index contributed by atoms with van der Waals surface area (Å²) in [6.45, 7) is 4.05. The van der Waals surface area contributed by atoms with Gasteiger partial charge in [-0.25, -0.2) is 0 Å². The average molecular weight is 189 g/mol. The first-order valence-electron chi connectivity index (χ1n) is 3.03. The van der Waals surface area contributed by atoms with Crippen LogP contribution in [-0.4, -0.2) is 7.85 Å². The largest absolute Gasteiger partial charge is 0.147 e. The van der Waals surface area contributed by atoms with Gasteiger partial charge in [0.05, 0.1) is 0 Å². The van der Waals surface area contributed by atoms with Crippen LogP contribution in [0.1, 0.15) is 11.1 Å². The van der Waals surface area contributed by atoms with Crippen molar-refractivity contribution in [3.05, 3.63) is 29.3 Å². The fraction of sp³-hybridized carbons (Fsp3) is 0.250. The molecule has 3 heteroatoms. The SMILES string of the molecule is Cl.Cl.[B]c1cc(C)ccc1C. The zero-order chi connectivity index (χ0) is 6.85. The molecule has 0 saturated carbocycles. The van der Waals surface area contributed by atoms with Crippen LogP contribution in [0.5, 0.6) is 0 Å².